The molecule has 1 rings (SSSR count). The highest BCUT2D eigenvalue weighted by molar-refractivity contribution is 5.93. The summed E-state index contributed by atoms with van der Waals surface area (Å²) in [5.41, 5.74) is 1.04. The molecule has 0 aromatic heterocycles. The van der Waals surface area contributed by atoms with Crippen LogP contribution in [0.2, 0.25) is 0 Å². The van der Waals surface area contributed by atoms with Gasteiger partial charge >= 0.3 is 12.0 Å². The molecule has 0 spiro atoms. The molecule has 0 aliphatic rings. The molecule has 1 aromatic rings. The maximum Gasteiger partial charge on any atom is 0.322 e. The van der Waals surface area contributed by atoms with Crippen molar-refractivity contribution in [1.29, 1.82) is 0 Å². The Kier molecular flexibility index (Phi) is 5.13. The van der Waals surface area contributed by atoms with Crippen molar-refractivity contribution >= 4 is 17.7 Å². The fourth-order valence-corrected chi connectivity index (χ4v) is 2.07. The van der Waals surface area contributed by atoms with Gasteiger partial charge in [0, 0.05) is 17.8 Å². The van der Waals surface area contributed by atoms with Gasteiger partial charge in [-0.3, -0.25) is 9.69 Å². The molecule has 5 nitrogen and oxygen atoms in total. The Labute approximate surface area is 119 Å². The zero-order valence-corrected chi connectivity index (χ0v) is 12.4. The number of amides is 2. The van der Waals surface area contributed by atoms with E-state index in [-0.39, 0.29) is 12.5 Å². The molecule has 110 valence electrons. The molecule has 0 aliphatic heterocycles. The van der Waals surface area contributed by atoms with Gasteiger partial charge in [0.2, 0.25) is 0 Å². The van der Waals surface area contributed by atoms with E-state index in [1.54, 1.807) is 18.7 Å². The monoisotopic (exact) mass is 278 g/mol. The lowest BCUT2D eigenvalue weighted by molar-refractivity contribution is -0.138. The SMILES string of the molecule is CCN(C(=O)NC(C)(C)CC(=O)O)c1ccccc1C. The normalized spacial score (nSPS) is 11.0. The van der Waals surface area contributed by atoms with Crippen molar-refractivity contribution in [3.8, 4) is 0 Å². The maximum absolute atomic E-state index is 12.3. The third kappa shape index (κ3) is 4.26. The summed E-state index contributed by atoms with van der Waals surface area (Å²) in [4.78, 5) is 24.8. The molecular formula is C15H22N2O3. The van der Waals surface area contributed by atoms with Gasteiger partial charge in [0.25, 0.3) is 0 Å². The molecule has 0 fully saturated rings. The Hall–Kier alpha value is -2.04. The number of anilines is 1. The van der Waals surface area contributed by atoms with Gasteiger partial charge in [-0.05, 0) is 39.3 Å². The summed E-state index contributed by atoms with van der Waals surface area (Å²) < 4.78 is 0. The standard InChI is InChI=1S/C15H22N2O3/c1-5-17(12-9-7-6-8-11(12)2)14(20)16-15(3,4)10-13(18)19/h6-9H,5,10H2,1-4H3,(H,16,20)(H,18,19). The highest BCUT2D eigenvalue weighted by atomic mass is 16.4. The van der Waals surface area contributed by atoms with Gasteiger partial charge in [0.1, 0.15) is 0 Å². The molecule has 0 bridgehead atoms. The van der Waals surface area contributed by atoms with E-state index in [9.17, 15) is 9.59 Å². The number of para-hydroxylation sites is 1. The number of nitrogens with one attached hydrogen (secondary N) is 1. The number of aliphatic carboxylic acids is 1. The number of hydrogen-bond acceptors (Lipinski definition) is 2. The molecule has 0 saturated carbocycles. The predicted molar refractivity (Wildman–Crippen MR) is 79.1 cm³/mol. The van der Waals surface area contributed by atoms with Gasteiger partial charge in [-0.1, -0.05) is 18.2 Å². The lowest BCUT2D eigenvalue weighted by atomic mass is 10.0. The smallest absolute Gasteiger partial charge is 0.322 e. The first-order valence-corrected chi connectivity index (χ1v) is 6.64. The molecule has 0 heterocycles. The topological polar surface area (TPSA) is 69.6 Å². The number of carbonyl (C=O) groups is 2. The van der Waals surface area contributed by atoms with Crippen LogP contribution in [-0.4, -0.2) is 29.2 Å². The quantitative estimate of drug-likeness (QED) is 0.870. The fourth-order valence-electron chi connectivity index (χ4n) is 2.07. The number of rotatable bonds is 5. The van der Waals surface area contributed by atoms with Crippen LogP contribution in [0.15, 0.2) is 24.3 Å². The van der Waals surface area contributed by atoms with Gasteiger partial charge in [-0.15, -0.1) is 0 Å². The van der Waals surface area contributed by atoms with E-state index in [4.69, 9.17) is 5.11 Å². The molecule has 0 radical (unpaired) electrons. The maximum atomic E-state index is 12.3. The van der Waals surface area contributed by atoms with Gasteiger partial charge in [0.05, 0.1) is 6.42 Å². The van der Waals surface area contributed by atoms with Crippen LogP contribution in [0.25, 0.3) is 0 Å². The zero-order chi connectivity index (χ0) is 15.3. The number of carboxylic acids is 1. The van der Waals surface area contributed by atoms with Crippen LogP contribution >= 0.6 is 0 Å². The van der Waals surface area contributed by atoms with E-state index in [2.05, 4.69) is 5.32 Å². The van der Waals surface area contributed by atoms with E-state index in [1.165, 1.54) is 0 Å². The summed E-state index contributed by atoms with van der Waals surface area (Å²) in [6, 6.07) is 7.32. The van der Waals surface area contributed by atoms with Crippen molar-refractivity contribution in [1.82, 2.24) is 5.32 Å². The van der Waals surface area contributed by atoms with E-state index in [0.29, 0.717) is 6.54 Å². The molecule has 20 heavy (non-hydrogen) atoms. The van der Waals surface area contributed by atoms with Gasteiger partial charge < -0.3 is 10.4 Å². The fraction of sp³-hybridized carbons (Fsp3) is 0.467. The highest BCUT2D eigenvalue weighted by Gasteiger charge is 2.26. The summed E-state index contributed by atoms with van der Waals surface area (Å²) in [7, 11) is 0. The summed E-state index contributed by atoms with van der Waals surface area (Å²) in [5, 5.41) is 11.6. The first kappa shape index (κ1) is 16.0. The van der Waals surface area contributed by atoms with Crippen molar-refractivity contribution in [2.75, 3.05) is 11.4 Å². The lowest BCUT2D eigenvalue weighted by Crippen LogP contribution is -2.51. The van der Waals surface area contributed by atoms with E-state index >= 15 is 0 Å². The molecule has 5 heteroatoms. The minimum atomic E-state index is -0.936. The van der Waals surface area contributed by atoms with Crippen LogP contribution in [0, 0.1) is 6.92 Å². The number of hydrogen-bond donors (Lipinski definition) is 2. The Morgan fingerprint density at radius 1 is 1.30 bits per heavy atom. The Morgan fingerprint density at radius 3 is 2.40 bits per heavy atom. The Bertz CT molecular complexity index is 498. The van der Waals surface area contributed by atoms with Crippen LogP contribution < -0.4 is 10.2 Å². The largest absolute Gasteiger partial charge is 0.481 e. The summed E-state index contributed by atoms with van der Waals surface area (Å²) in [5.74, 6) is -0.936. The summed E-state index contributed by atoms with van der Waals surface area (Å²) >= 11 is 0. The summed E-state index contributed by atoms with van der Waals surface area (Å²) in [6.45, 7) is 7.74. The molecule has 2 N–H and O–H groups in total. The highest BCUT2D eigenvalue weighted by Crippen LogP contribution is 2.20. The molecule has 0 unspecified atom stereocenters. The molecule has 0 atom stereocenters. The zero-order valence-electron chi connectivity index (χ0n) is 12.4. The molecular weight excluding hydrogens is 256 g/mol. The second kappa shape index (κ2) is 6.41. The number of carboxylic acid groups (broad SMARTS) is 1. The van der Waals surface area contributed by atoms with E-state index in [1.807, 2.05) is 38.1 Å². The second-order valence-electron chi connectivity index (χ2n) is 5.42. The van der Waals surface area contributed by atoms with Crippen molar-refractivity contribution in [3.05, 3.63) is 29.8 Å². The summed E-state index contributed by atoms with van der Waals surface area (Å²) in [6.07, 6.45) is -0.121. The number of benzene rings is 1. The van der Waals surface area contributed by atoms with Gasteiger partial charge in [0.15, 0.2) is 0 Å². The van der Waals surface area contributed by atoms with E-state index < -0.39 is 11.5 Å². The van der Waals surface area contributed by atoms with Crippen LogP contribution in [0.5, 0.6) is 0 Å². The van der Waals surface area contributed by atoms with Crippen molar-refractivity contribution < 1.29 is 14.7 Å². The number of nitrogens with zero attached hydrogens (tertiary/aromatic N) is 1. The molecule has 0 saturated heterocycles. The van der Waals surface area contributed by atoms with Crippen LogP contribution in [0.1, 0.15) is 32.8 Å². The number of urea groups is 1. The van der Waals surface area contributed by atoms with Crippen molar-refractivity contribution in [2.45, 2.75) is 39.7 Å². The average molecular weight is 278 g/mol. The van der Waals surface area contributed by atoms with Gasteiger partial charge in [-0.25, -0.2) is 4.79 Å². The first-order valence-electron chi connectivity index (χ1n) is 6.64. The third-order valence-electron chi connectivity index (χ3n) is 3.01. The Morgan fingerprint density at radius 2 is 1.90 bits per heavy atom. The van der Waals surface area contributed by atoms with Crippen LogP contribution in [0.4, 0.5) is 10.5 Å². The van der Waals surface area contributed by atoms with Crippen LogP contribution in [0.3, 0.4) is 0 Å². The minimum Gasteiger partial charge on any atom is -0.481 e. The van der Waals surface area contributed by atoms with E-state index in [0.717, 1.165) is 11.3 Å². The van der Waals surface area contributed by atoms with Crippen molar-refractivity contribution in [2.24, 2.45) is 0 Å². The lowest BCUT2D eigenvalue weighted by Gasteiger charge is -2.30. The molecule has 1 aromatic carbocycles. The second-order valence-corrected chi connectivity index (χ2v) is 5.42. The Balaban J connectivity index is 2.89. The van der Waals surface area contributed by atoms with Crippen LogP contribution in [-0.2, 0) is 4.79 Å². The van der Waals surface area contributed by atoms with Crippen molar-refractivity contribution in [3.63, 3.8) is 0 Å². The molecule has 0 aliphatic carbocycles. The first-order chi connectivity index (χ1) is 9.26. The predicted octanol–water partition coefficient (Wildman–Crippen LogP) is 2.78. The molecule has 2 amide bonds. The third-order valence-corrected chi connectivity index (χ3v) is 3.01. The number of carbonyl (C=O) groups excluding carboxylic acids is 1. The average Bonchev–Trinajstić information content (AvgIpc) is 2.29. The minimum absolute atomic E-state index is 0.121. The number of aryl methyl sites for hydroxylation is 1. The van der Waals surface area contributed by atoms with Gasteiger partial charge in [-0.2, -0.15) is 0 Å².